The zero-order valence-corrected chi connectivity index (χ0v) is 15.0. The summed E-state index contributed by atoms with van der Waals surface area (Å²) in [7, 11) is -1.92. The Morgan fingerprint density at radius 3 is 2.70 bits per heavy atom. The molecule has 0 bridgehead atoms. The topological polar surface area (TPSA) is 90.5 Å². The average Bonchev–Trinajstić information content (AvgIpc) is 3.03. The van der Waals surface area contributed by atoms with Crippen molar-refractivity contribution < 1.29 is 13.2 Å². The van der Waals surface area contributed by atoms with Gasteiger partial charge in [-0.25, -0.2) is 12.7 Å². The van der Waals surface area contributed by atoms with E-state index in [1.165, 1.54) is 10.5 Å². The molecule has 0 spiro atoms. The lowest BCUT2D eigenvalue weighted by Gasteiger charge is -2.22. The normalized spacial score (nSPS) is 18.7. The van der Waals surface area contributed by atoms with Crippen LogP contribution in [0.1, 0.15) is 39.2 Å². The molecule has 0 aliphatic carbocycles. The van der Waals surface area contributed by atoms with Crippen LogP contribution in [0.5, 0.6) is 0 Å². The number of nitrogens with two attached hydrogens (primary N) is 1. The van der Waals surface area contributed by atoms with E-state index in [9.17, 15) is 8.42 Å². The van der Waals surface area contributed by atoms with Crippen LogP contribution in [0.4, 0.5) is 0 Å². The fourth-order valence-electron chi connectivity index (χ4n) is 2.57. The van der Waals surface area contributed by atoms with Gasteiger partial charge in [0.25, 0.3) is 0 Å². The molecule has 132 valence electrons. The summed E-state index contributed by atoms with van der Waals surface area (Å²) in [5.74, 6) is 0.336. The van der Waals surface area contributed by atoms with E-state index in [-0.39, 0.29) is 17.0 Å². The molecule has 2 heterocycles. The zero-order chi connectivity index (χ0) is 17.0. The second kappa shape index (κ2) is 7.74. The van der Waals surface area contributed by atoms with Gasteiger partial charge in [-0.3, -0.25) is 4.68 Å². The quantitative estimate of drug-likeness (QED) is 0.803. The summed E-state index contributed by atoms with van der Waals surface area (Å²) in [5, 5.41) is 4.24. The van der Waals surface area contributed by atoms with Crippen LogP contribution in [-0.2, 0) is 14.8 Å². The smallest absolute Gasteiger partial charge is 0.245 e. The highest BCUT2D eigenvalue weighted by Crippen LogP contribution is 2.22. The minimum atomic E-state index is -3.51. The maximum atomic E-state index is 12.6. The third-order valence-electron chi connectivity index (χ3n) is 4.48. The second-order valence-electron chi connectivity index (χ2n) is 6.52. The molecule has 0 radical (unpaired) electrons. The molecule has 1 aliphatic rings. The van der Waals surface area contributed by atoms with Crippen molar-refractivity contribution >= 4 is 10.0 Å². The van der Waals surface area contributed by atoms with Crippen molar-refractivity contribution in [2.45, 2.75) is 50.1 Å². The van der Waals surface area contributed by atoms with E-state index in [1.807, 2.05) is 13.8 Å². The van der Waals surface area contributed by atoms with Crippen LogP contribution in [0, 0.1) is 5.92 Å². The number of hydrogen-bond acceptors (Lipinski definition) is 5. The highest BCUT2D eigenvalue weighted by Gasteiger charge is 2.25. The summed E-state index contributed by atoms with van der Waals surface area (Å²) in [6.45, 7) is 5.87. The lowest BCUT2D eigenvalue weighted by molar-refractivity contribution is 0.0662. The maximum Gasteiger partial charge on any atom is 0.245 e. The number of hydrogen-bond donors (Lipinski definition) is 1. The van der Waals surface area contributed by atoms with Gasteiger partial charge in [-0.15, -0.1) is 0 Å². The van der Waals surface area contributed by atoms with Crippen molar-refractivity contribution in [3.63, 3.8) is 0 Å². The van der Waals surface area contributed by atoms with E-state index in [0.29, 0.717) is 32.1 Å². The summed E-state index contributed by atoms with van der Waals surface area (Å²) in [5.41, 5.74) is 6.00. The molecule has 8 heteroatoms. The SMILES string of the molecule is CC(C)C(N)CCN(C)S(=O)(=O)c1cnn(C2CCOCC2)c1. The summed E-state index contributed by atoms with van der Waals surface area (Å²) in [6.07, 6.45) is 5.43. The van der Waals surface area contributed by atoms with E-state index in [2.05, 4.69) is 5.10 Å². The molecule has 23 heavy (non-hydrogen) atoms. The van der Waals surface area contributed by atoms with Crippen LogP contribution >= 0.6 is 0 Å². The van der Waals surface area contributed by atoms with Gasteiger partial charge in [0.2, 0.25) is 10.0 Å². The minimum absolute atomic E-state index is 0.00221. The van der Waals surface area contributed by atoms with Gasteiger partial charge in [-0.05, 0) is 25.2 Å². The lowest BCUT2D eigenvalue weighted by atomic mass is 10.0. The molecule has 1 aliphatic heterocycles. The predicted octanol–water partition coefficient (Wildman–Crippen LogP) is 1.23. The van der Waals surface area contributed by atoms with Gasteiger partial charge in [0.1, 0.15) is 4.90 Å². The Morgan fingerprint density at radius 1 is 1.43 bits per heavy atom. The van der Waals surface area contributed by atoms with E-state index >= 15 is 0 Å². The van der Waals surface area contributed by atoms with Gasteiger partial charge in [0.05, 0.1) is 12.2 Å². The van der Waals surface area contributed by atoms with Crippen LogP contribution in [-0.4, -0.2) is 55.4 Å². The highest BCUT2D eigenvalue weighted by molar-refractivity contribution is 7.89. The summed E-state index contributed by atoms with van der Waals surface area (Å²) < 4.78 is 33.7. The molecule has 0 aromatic carbocycles. The molecular weight excluding hydrogens is 316 g/mol. The van der Waals surface area contributed by atoms with Crippen molar-refractivity contribution in [3.8, 4) is 0 Å². The number of rotatable bonds is 7. The van der Waals surface area contributed by atoms with Crippen molar-refractivity contribution in [3.05, 3.63) is 12.4 Å². The third-order valence-corrected chi connectivity index (χ3v) is 6.29. The van der Waals surface area contributed by atoms with Crippen LogP contribution in [0.15, 0.2) is 17.3 Å². The van der Waals surface area contributed by atoms with Gasteiger partial charge in [0.15, 0.2) is 0 Å². The molecule has 1 saturated heterocycles. The van der Waals surface area contributed by atoms with E-state index < -0.39 is 10.0 Å². The number of ether oxygens (including phenoxy) is 1. The number of sulfonamides is 1. The summed E-state index contributed by atoms with van der Waals surface area (Å²) in [4.78, 5) is 0.240. The Hall–Kier alpha value is -0.960. The first-order valence-electron chi connectivity index (χ1n) is 8.16. The standard InChI is InChI=1S/C15H28N4O3S/c1-12(2)15(16)4-7-18(3)23(20,21)14-10-17-19(11-14)13-5-8-22-9-6-13/h10-13,15H,4-9,16H2,1-3H3. The minimum Gasteiger partial charge on any atom is -0.381 e. The molecule has 2 rings (SSSR count). The molecule has 7 nitrogen and oxygen atoms in total. The van der Waals surface area contributed by atoms with Crippen molar-refractivity contribution in [1.29, 1.82) is 0 Å². The molecule has 1 fully saturated rings. The van der Waals surface area contributed by atoms with E-state index in [0.717, 1.165) is 12.8 Å². The van der Waals surface area contributed by atoms with Gasteiger partial charge in [-0.2, -0.15) is 5.10 Å². The fourth-order valence-corrected chi connectivity index (χ4v) is 3.69. The van der Waals surface area contributed by atoms with Gasteiger partial charge in [0, 0.05) is 39.0 Å². The Labute approximate surface area is 138 Å². The van der Waals surface area contributed by atoms with E-state index in [4.69, 9.17) is 10.5 Å². The first kappa shape index (κ1) is 18.4. The van der Waals surface area contributed by atoms with Gasteiger partial charge < -0.3 is 10.5 Å². The first-order valence-corrected chi connectivity index (χ1v) is 9.60. The van der Waals surface area contributed by atoms with Crippen LogP contribution in [0.2, 0.25) is 0 Å². The van der Waals surface area contributed by atoms with Crippen LogP contribution in [0.25, 0.3) is 0 Å². The monoisotopic (exact) mass is 344 g/mol. The van der Waals surface area contributed by atoms with Crippen molar-refractivity contribution in [2.75, 3.05) is 26.8 Å². The summed E-state index contributed by atoms with van der Waals surface area (Å²) >= 11 is 0. The fraction of sp³-hybridized carbons (Fsp3) is 0.800. The molecule has 2 N–H and O–H groups in total. The Kier molecular flexibility index (Phi) is 6.19. The molecule has 0 amide bonds. The van der Waals surface area contributed by atoms with E-state index in [1.54, 1.807) is 17.9 Å². The molecule has 1 aromatic rings. The molecule has 0 saturated carbocycles. The van der Waals surface area contributed by atoms with Crippen molar-refractivity contribution in [2.24, 2.45) is 11.7 Å². The summed E-state index contributed by atoms with van der Waals surface area (Å²) in [6, 6.07) is 0.213. The van der Waals surface area contributed by atoms with Crippen LogP contribution in [0.3, 0.4) is 0 Å². The predicted molar refractivity (Wildman–Crippen MR) is 88.6 cm³/mol. The lowest BCUT2D eigenvalue weighted by Crippen LogP contribution is -2.34. The number of aromatic nitrogens is 2. The Bertz CT molecular complexity index is 594. The highest BCUT2D eigenvalue weighted by atomic mass is 32.2. The van der Waals surface area contributed by atoms with Crippen molar-refractivity contribution in [1.82, 2.24) is 14.1 Å². The molecule has 1 unspecified atom stereocenters. The average molecular weight is 344 g/mol. The molecular formula is C15H28N4O3S. The number of nitrogens with zero attached hydrogens (tertiary/aromatic N) is 3. The largest absolute Gasteiger partial charge is 0.381 e. The first-order chi connectivity index (χ1) is 10.8. The Balaban J connectivity index is 2.02. The maximum absolute atomic E-state index is 12.6. The van der Waals surface area contributed by atoms with Gasteiger partial charge >= 0.3 is 0 Å². The third kappa shape index (κ3) is 4.53. The molecule has 1 atom stereocenters. The zero-order valence-electron chi connectivity index (χ0n) is 14.2. The molecule has 1 aromatic heterocycles. The second-order valence-corrected chi connectivity index (χ2v) is 8.57. The van der Waals surface area contributed by atoms with Crippen LogP contribution < -0.4 is 5.73 Å². The van der Waals surface area contributed by atoms with Gasteiger partial charge in [-0.1, -0.05) is 13.8 Å². The Morgan fingerprint density at radius 2 is 2.09 bits per heavy atom.